The lowest BCUT2D eigenvalue weighted by Gasteiger charge is -2.22. The van der Waals surface area contributed by atoms with Gasteiger partial charge in [0.15, 0.2) is 0 Å². The van der Waals surface area contributed by atoms with Crippen LogP contribution in [-0.2, 0) is 4.79 Å². The van der Waals surface area contributed by atoms with E-state index < -0.39 is 5.92 Å². The van der Waals surface area contributed by atoms with Gasteiger partial charge < -0.3 is 11.5 Å². The molecular formula is C22H33N3OS. The molecule has 4 nitrogen and oxygen atoms in total. The standard InChI is InChI=1S/C22H33N3OS/c1-12(2)15-9-17(13(3)4)20(18(10-15)14(5)6)19-11-27-22(25-19)16(7-8-23)21(24)26/h9-14,16H,7-8,23H2,1-6H3,(H2,24,26). The number of carbonyl (C=O) groups excluding carboxylic acids is 1. The van der Waals surface area contributed by atoms with Crippen molar-refractivity contribution in [1.29, 1.82) is 0 Å². The molecule has 1 unspecified atom stereocenters. The summed E-state index contributed by atoms with van der Waals surface area (Å²) in [5.41, 5.74) is 17.4. The molecule has 0 saturated heterocycles. The van der Waals surface area contributed by atoms with Gasteiger partial charge in [-0.3, -0.25) is 4.79 Å². The highest BCUT2D eigenvalue weighted by atomic mass is 32.1. The fraction of sp³-hybridized carbons (Fsp3) is 0.545. The summed E-state index contributed by atoms with van der Waals surface area (Å²) in [5, 5.41) is 2.82. The Kier molecular flexibility index (Phi) is 7.18. The number of thiazole rings is 1. The van der Waals surface area contributed by atoms with Crippen LogP contribution in [0.25, 0.3) is 11.3 Å². The number of rotatable bonds is 8. The molecule has 0 aliphatic rings. The number of nitrogens with two attached hydrogens (primary N) is 2. The number of amides is 1. The Morgan fingerprint density at radius 3 is 2.00 bits per heavy atom. The van der Waals surface area contributed by atoms with E-state index in [2.05, 4.69) is 59.1 Å². The molecule has 27 heavy (non-hydrogen) atoms. The van der Waals surface area contributed by atoms with Crippen molar-refractivity contribution in [3.05, 3.63) is 39.2 Å². The van der Waals surface area contributed by atoms with E-state index >= 15 is 0 Å². The summed E-state index contributed by atoms with van der Waals surface area (Å²) in [4.78, 5) is 16.7. The highest BCUT2D eigenvalue weighted by Gasteiger charge is 2.24. The molecule has 1 amide bonds. The van der Waals surface area contributed by atoms with Crippen LogP contribution in [0.3, 0.4) is 0 Å². The summed E-state index contributed by atoms with van der Waals surface area (Å²) in [7, 11) is 0. The number of nitrogens with zero attached hydrogens (tertiary/aromatic N) is 1. The van der Waals surface area contributed by atoms with Crippen LogP contribution in [-0.4, -0.2) is 17.4 Å². The van der Waals surface area contributed by atoms with Gasteiger partial charge in [-0.05, 0) is 47.4 Å². The van der Waals surface area contributed by atoms with E-state index in [0.29, 0.717) is 30.7 Å². The third kappa shape index (κ3) is 4.77. The molecule has 1 aromatic carbocycles. The molecule has 148 valence electrons. The van der Waals surface area contributed by atoms with Gasteiger partial charge in [0.1, 0.15) is 5.01 Å². The van der Waals surface area contributed by atoms with Gasteiger partial charge in [-0.1, -0.05) is 53.7 Å². The molecule has 0 spiro atoms. The molecule has 1 heterocycles. The van der Waals surface area contributed by atoms with Gasteiger partial charge in [0.25, 0.3) is 0 Å². The number of hydrogen-bond acceptors (Lipinski definition) is 4. The Balaban J connectivity index is 2.65. The van der Waals surface area contributed by atoms with E-state index in [-0.39, 0.29) is 5.91 Å². The Morgan fingerprint density at radius 2 is 1.59 bits per heavy atom. The van der Waals surface area contributed by atoms with Crippen molar-refractivity contribution in [2.45, 2.75) is 71.6 Å². The van der Waals surface area contributed by atoms with Gasteiger partial charge in [-0.2, -0.15) is 0 Å². The predicted molar refractivity (Wildman–Crippen MR) is 115 cm³/mol. The first-order chi connectivity index (χ1) is 12.7. The van der Waals surface area contributed by atoms with Gasteiger partial charge in [-0.25, -0.2) is 4.98 Å². The third-order valence-corrected chi connectivity index (χ3v) is 5.97. The van der Waals surface area contributed by atoms with Crippen molar-refractivity contribution < 1.29 is 4.79 Å². The van der Waals surface area contributed by atoms with E-state index in [1.54, 1.807) is 0 Å². The minimum atomic E-state index is -0.409. The smallest absolute Gasteiger partial charge is 0.227 e. The molecule has 0 aliphatic carbocycles. The molecule has 4 N–H and O–H groups in total. The van der Waals surface area contributed by atoms with E-state index in [4.69, 9.17) is 16.5 Å². The first-order valence-corrected chi connectivity index (χ1v) is 10.7. The van der Waals surface area contributed by atoms with Gasteiger partial charge in [-0.15, -0.1) is 11.3 Å². The van der Waals surface area contributed by atoms with Crippen molar-refractivity contribution >= 4 is 17.2 Å². The van der Waals surface area contributed by atoms with Crippen LogP contribution in [0.2, 0.25) is 0 Å². The first kappa shape index (κ1) is 21.6. The van der Waals surface area contributed by atoms with Gasteiger partial charge in [0, 0.05) is 10.9 Å². The molecule has 0 radical (unpaired) electrons. The molecule has 0 saturated carbocycles. The molecule has 0 aliphatic heterocycles. The van der Waals surface area contributed by atoms with Gasteiger partial charge in [0.05, 0.1) is 11.6 Å². The van der Waals surface area contributed by atoms with E-state index in [1.807, 2.05) is 0 Å². The monoisotopic (exact) mass is 387 g/mol. The Hall–Kier alpha value is -1.72. The highest BCUT2D eigenvalue weighted by Crippen LogP contribution is 2.39. The Labute approximate surface area is 167 Å². The molecule has 1 atom stereocenters. The molecule has 0 bridgehead atoms. The summed E-state index contributed by atoms with van der Waals surface area (Å²) in [6.45, 7) is 13.8. The molecule has 0 fully saturated rings. The Bertz CT molecular complexity index is 764. The average Bonchev–Trinajstić information content (AvgIpc) is 3.07. The van der Waals surface area contributed by atoms with Crippen molar-refractivity contribution in [2.24, 2.45) is 11.5 Å². The van der Waals surface area contributed by atoms with Crippen molar-refractivity contribution in [2.75, 3.05) is 6.54 Å². The molecular weight excluding hydrogens is 354 g/mol. The quantitative estimate of drug-likeness (QED) is 0.661. The van der Waals surface area contributed by atoms with Crippen LogP contribution in [0.15, 0.2) is 17.5 Å². The SMILES string of the molecule is CC(C)c1cc(C(C)C)c(-c2csc(C(CCN)C(N)=O)n2)c(C(C)C)c1. The van der Waals surface area contributed by atoms with E-state index in [1.165, 1.54) is 33.6 Å². The highest BCUT2D eigenvalue weighted by molar-refractivity contribution is 7.10. The van der Waals surface area contributed by atoms with Crippen LogP contribution in [0, 0.1) is 0 Å². The molecule has 1 aromatic heterocycles. The van der Waals surface area contributed by atoms with Crippen molar-refractivity contribution in [3.8, 4) is 11.3 Å². The van der Waals surface area contributed by atoms with Gasteiger partial charge >= 0.3 is 0 Å². The maximum Gasteiger partial charge on any atom is 0.227 e. The topological polar surface area (TPSA) is 82.0 Å². The maximum absolute atomic E-state index is 11.8. The molecule has 2 aromatic rings. The second-order valence-electron chi connectivity index (χ2n) is 8.14. The lowest BCUT2D eigenvalue weighted by atomic mass is 9.83. The van der Waals surface area contributed by atoms with Crippen LogP contribution < -0.4 is 11.5 Å². The second kappa shape index (κ2) is 8.98. The van der Waals surface area contributed by atoms with E-state index in [0.717, 1.165) is 10.7 Å². The van der Waals surface area contributed by atoms with Crippen molar-refractivity contribution in [3.63, 3.8) is 0 Å². The largest absolute Gasteiger partial charge is 0.369 e. The minimum absolute atomic E-state index is 0.357. The third-order valence-electron chi connectivity index (χ3n) is 5.01. The first-order valence-electron chi connectivity index (χ1n) is 9.80. The number of aromatic nitrogens is 1. The summed E-state index contributed by atoms with van der Waals surface area (Å²) >= 11 is 1.50. The van der Waals surface area contributed by atoms with Crippen LogP contribution in [0.1, 0.15) is 93.3 Å². The average molecular weight is 388 g/mol. The predicted octanol–water partition coefficient (Wildman–Crippen LogP) is 5.10. The Morgan fingerprint density at radius 1 is 1.04 bits per heavy atom. The number of hydrogen-bond donors (Lipinski definition) is 2. The van der Waals surface area contributed by atoms with Crippen LogP contribution in [0.4, 0.5) is 0 Å². The number of carbonyl (C=O) groups is 1. The second-order valence-corrected chi connectivity index (χ2v) is 9.03. The molecule has 5 heteroatoms. The maximum atomic E-state index is 11.8. The zero-order valence-electron chi connectivity index (χ0n) is 17.4. The lowest BCUT2D eigenvalue weighted by molar-refractivity contribution is -0.119. The zero-order chi connectivity index (χ0) is 20.3. The minimum Gasteiger partial charge on any atom is -0.369 e. The summed E-state index contributed by atoms with van der Waals surface area (Å²) in [5.74, 6) is 0.483. The molecule has 2 rings (SSSR count). The normalized spacial score (nSPS) is 13.0. The fourth-order valence-electron chi connectivity index (χ4n) is 3.37. The summed E-state index contributed by atoms with van der Waals surface area (Å²) in [6, 6.07) is 4.64. The zero-order valence-corrected chi connectivity index (χ0v) is 18.2. The fourth-order valence-corrected chi connectivity index (χ4v) is 4.32. The number of benzene rings is 1. The van der Waals surface area contributed by atoms with Crippen LogP contribution in [0.5, 0.6) is 0 Å². The van der Waals surface area contributed by atoms with Crippen LogP contribution >= 0.6 is 11.3 Å². The van der Waals surface area contributed by atoms with Gasteiger partial charge in [0.2, 0.25) is 5.91 Å². The number of primary amides is 1. The lowest BCUT2D eigenvalue weighted by Crippen LogP contribution is -2.23. The van der Waals surface area contributed by atoms with E-state index in [9.17, 15) is 4.79 Å². The summed E-state index contributed by atoms with van der Waals surface area (Å²) in [6.07, 6.45) is 0.530. The van der Waals surface area contributed by atoms with Crippen molar-refractivity contribution in [1.82, 2.24) is 4.98 Å². The summed E-state index contributed by atoms with van der Waals surface area (Å²) < 4.78 is 0.